The van der Waals surface area contributed by atoms with E-state index < -0.39 is 0 Å². The smallest absolute Gasteiger partial charge is 0.336 e. The molecule has 5 heteroatoms. The van der Waals surface area contributed by atoms with Gasteiger partial charge in [0.05, 0.1) is 12.7 Å². The Hall–Kier alpha value is -1.69. The molecule has 23 heavy (non-hydrogen) atoms. The summed E-state index contributed by atoms with van der Waals surface area (Å²) in [4.78, 5) is 14.1. The molecule has 124 valence electrons. The van der Waals surface area contributed by atoms with E-state index in [0.717, 1.165) is 29.6 Å². The summed E-state index contributed by atoms with van der Waals surface area (Å²) in [6, 6.07) is 5.62. The van der Waals surface area contributed by atoms with Gasteiger partial charge in [-0.3, -0.25) is 4.90 Å². The van der Waals surface area contributed by atoms with Crippen molar-refractivity contribution in [3.05, 3.63) is 45.3 Å². The van der Waals surface area contributed by atoms with E-state index in [1.54, 1.807) is 6.07 Å². The summed E-state index contributed by atoms with van der Waals surface area (Å²) in [7, 11) is 0. The lowest BCUT2D eigenvalue weighted by molar-refractivity contribution is -0.0406. The highest BCUT2D eigenvalue weighted by molar-refractivity contribution is 5.81. The van der Waals surface area contributed by atoms with Gasteiger partial charge >= 0.3 is 5.63 Å². The molecule has 1 unspecified atom stereocenters. The lowest BCUT2D eigenvalue weighted by Crippen LogP contribution is -2.42. The first-order chi connectivity index (χ1) is 11.1. The standard InChI is InChI=1S/C18H23NO4/c1-12-7-16-14(9-18(21)23-17(16)8-13(12)2)10-19-4-6-22-15(11-19)3-5-20/h7-9,15,20H,3-6,10-11H2,1-2H3. The van der Waals surface area contributed by atoms with E-state index in [1.807, 2.05) is 13.0 Å². The van der Waals surface area contributed by atoms with Gasteiger partial charge in [-0.1, -0.05) is 0 Å². The van der Waals surface area contributed by atoms with Crippen molar-refractivity contribution >= 4 is 11.0 Å². The number of benzene rings is 1. The van der Waals surface area contributed by atoms with Crippen molar-refractivity contribution in [3.8, 4) is 0 Å². The maximum absolute atomic E-state index is 11.9. The molecule has 0 aliphatic carbocycles. The van der Waals surface area contributed by atoms with E-state index in [1.165, 1.54) is 5.56 Å². The third-order valence-corrected chi connectivity index (χ3v) is 4.51. The third-order valence-electron chi connectivity index (χ3n) is 4.51. The molecule has 1 aromatic heterocycles. The first-order valence-corrected chi connectivity index (χ1v) is 8.05. The Labute approximate surface area is 135 Å². The maximum atomic E-state index is 11.9. The van der Waals surface area contributed by atoms with E-state index in [-0.39, 0.29) is 18.3 Å². The zero-order valence-corrected chi connectivity index (χ0v) is 13.7. The fourth-order valence-electron chi connectivity index (χ4n) is 3.10. The van der Waals surface area contributed by atoms with Crippen LogP contribution in [0.5, 0.6) is 0 Å². The summed E-state index contributed by atoms with van der Waals surface area (Å²) in [6.07, 6.45) is 0.705. The fraction of sp³-hybridized carbons (Fsp3) is 0.500. The van der Waals surface area contributed by atoms with Crippen molar-refractivity contribution in [2.24, 2.45) is 0 Å². The summed E-state index contributed by atoms with van der Waals surface area (Å²) in [5.74, 6) is 0. The van der Waals surface area contributed by atoms with E-state index in [9.17, 15) is 4.79 Å². The topological polar surface area (TPSA) is 62.9 Å². The second-order valence-corrected chi connectivity index (χ2v) is 6.26. The number of aryl methyl sites for hydroxylation is 2. The van der Waals surface area contributed by atoms with Crippen LogP contribution in [0.15, 0.2) is 27.4 Å². The predicted molar refractivity (Wildman–Crippen MR) is 88.7 cm³/mol. The molecule has 3 rings (SSSR count). The summed E-state index contributed by atoms with van der Waals surface area (Å²) in [5, 5.41) is 10.1. The highest BCUT2D eigenvalue weighted by Crippen LogP contribution is 2.23. The molecule has 1 fully saturated rings. The average molecular weight is 317 g/mol. The predicted octanol–water partition coefficient (Wildman–Crippen LogP) is 1.99. The fourth-order valence-corrected chi connectivity index (χ4v) is 3.10. The number of fused-ring (bicyclic) bond motifs is 1. The normalized spacial score (nSPS) is 19.3. The molecule has 1 saturated heterocycles. The summed E-state index contributed by atoms with van der Waals surface area (Å²) in [6.45, 7) is 7.16. The number of ether oxygens (including phenoxy) is 1. The van der Waals surface area contributed by atoms with Crippen LogP contribution < -0.4 is 5.63 Å². The lowest BCUT2D eigenvalue weighted by Gasteiger charge is -2.32. The highest BCUT2D eigenvalue weighted by atomic mass is 16.5. The zero-order chi connectivity index (χ0) is 16.4. The molecule has 0 amide bonds. The lowest BCUT2D eigenvalue weighted by atomic mass is 10.0. The molecule has 5 nitrogen and oxygen atoms in total. The molecule has 0 spiro atoms. The number of morpholine rings is 1. The molecule has 0 saturated carbocycles. The Kier molecular flexibility index (Phi) is 4.80. The maximum Gasteiger partial charge on any atom is 0.336 e. The Morgan fingerprint density at radius 2 is 2.04 bits per heavy atom. The summed E-state index contributed by atoms with van der Waals surface area (Å²) in [5.41, 5.74) is 3.63. The molecule has 0 radical (unpaired) electrons. The number of nitrogens with zero attached hydrogens (tertiary/aromatic N) is 1. The first-order valence-electron chi connectivity index (χ1n) is 8.05. The summed E-state index contributed by atoms with van der Waals surface area (Å²) < 4.78 is 11.0. The minimum Gasteiger partial charge on any atom is -0.423 e. The van der Waals surface area contributed by atoms with Crippen molar-refractivity contribution in [1.29, 1.82) is 0 Å². The highest BCUT2D eigenvalue weighted by Gasteiger charge is 2.21. The quantitative estimate of drug-likeness (QED) is 0.874. The SMILES string of the molecule is Cc1cc2oc(=O)cc(CN3CCOC(CCO)C3)c2cc1C. The van der Waals surface area contributed by atoms with Gasteiger partial charge in [-0.05, 0) is 49.1 Å². The van der Waals surface area contributed by atoms with Crippen LogP contribution in [0.3, 0.4) is 0 Å². The van der Waals surface area contributed by atoms with Gasteiger partial charge in [0, 0.05) is 37.7 Å². The van der Waals surface area contributed by atoms with Crippen molar-refractivity contribution < 1.29 is 14.3 Å². The second-order valence-electron chi connectivity index (χ2n) is 6.26. The Morgan fingerprint density at radius 3 is 2.83 bits per heavy atom. The van der Waals surface area contributed by atoms with Crippen molar-refractivity contribution in [1.82, 2.24) is 4.90 Å². The van der Waals surface area contributed by atoms with Crippen LogP contribution in [-0.4, -0.2) is 42.4 Å². The van der Waals surface area contributed by atoms with Crippen LogP contribution in [0.25, 0.3) is 11.0 Å². The van der Waals surface area contributed by atoms with E-state index in [4.69, 9.17) is 14.3 Å². The second kappa shape index (κ2) is 6.83. The van der Waals surface area contributed by atoms with E-state index in [0.29, 0.717) is 25.2 Å². The van der Waals surface area contributed by atoms with Crippen LogP contribution in [0, 0.1) is 13.8 Å². The van der Waals surface area contributed by atoms with Crippen molar-refractivity contribution in [3.63, 3.8) is 0 Å². The number of aliphatic hydroxyl groups is 1. The number of aliphatic hydroxyl groups excluding tert-OH is 1. The molecular formula is C18H23NO4. The van der Waals surface area contributed by atoms with Gasteiger partial charge < -0.3 is 14.3 Å². The molecule has 1 aliphatic heterocycles. The Morgan fingerprint density at radius 1 is 1.26 bits per heavy atom. The average Bonchev–Trinajstić information content (AvgIpc) is 2.50. The van der Waals surface area contributed by atoms with Crippen molar-refractivity contribution in [2.45, 2.75) is 32.9 Å². The number of rotatable bonds is 4. The van der Waals surface area contributed by atoms with Crippen LogP contribution in [0.2, 0.25) is 0 Å². The molecule has 1 aliphatic rings. The molecule has 0 bridgehead atoms. The minimum absolute atomic E-state index is 0.0594. The molecular weight excluding hydrogens is 294 g/mol. The number of hydrogen-bond acceptors (Lipinski definition) is 5. The van der Waals surface area contributed by atoms with Gasteiger partial charge in [-0.25, -0.2) is 4.79 Å². The van der Waals surface area contributed by atoms with Gasteiger partial charge in [0.15, 0.2) is 0 Å². The molecule has 1 atom stereocenters. The number of hydrogen-bond donors (Lipinski definition) is 1. The van der Waals surface area contributed by atoms with E-state index in [2.05, 4.69) is 17.9 Å². The molecule has 1 N–H and O–H groups in total. The monoisotopic (exact) mass is 317 g/mol. The largest absolute Gasteiger partial charge is 0.423 e. The molecule has 2 aromatic rings. The van der Waals surface area contributed by atoms with Crippen LogP contribution in [0.4, 0.5) is 0 Å². The van der Waals surface area contributed by atoms with Gasteiger partial charge in [-0.15, -0.1) is 0 Å². The van der Waals surface area contributed by atoms with E-state index >= 15 is 0 Å². The molecule has 2 heterocycles. The Bertz CT molecular complexity index is 751. The molecule has 1 aromatic carbocycles. The minimum atomic E-state index is -0.309. The van der Waals surface area contributed by atoms with Crippen LogP contribution in [0.1, 0.15) is 23.1 Å². The Balaban J connectivity index is 1.90. The summed E-state index contributed by atoms with van der Waals surface area (Å²) >= 11 is 0. The van der Waals surface area contributed by atoms with Gasteiger partial charge in [0.2, 0.25) is 0 Å². The van der Waals surface area contributed by atoms with Crippen molar-refractivity contribution in [2.75, 3.05) is 26.3 Å². The van der Waals surface area contributed by atoms with Crippen LogP contribution >= 0.6 is 0 Å². The van der Waals surface area contributed by atoms with Gasteiger partial charge in [-0.2, -0.15) is 0 Å². The third kappa shape index (κ3) is 3.63. The zero-order valence-electron chi connectivity index (χ0n) is 13.7. The first kappa shape index (κ1) is 16.2. The van der Waals surface area contributed by atoms with Crippen LogP contribution in [-0.2, 0) is 11.3 Å². The van der Waals surface area contributed by atoms with Gasteiger partial charge in [0.1, 0.15) is 5.58 Å². The van der Waals surface area contributed by atoms with Gasteiger partial charge in [0.25, 0.3) is 0 Å².